The van der Waals surface area contributed by atoms with Crippen molar-refractivity contribution in [1.29, 1.82) is 0 Å². The summed E-state index contributed by atoms with van der Waals surface area (Å²) in [4.78, 5) is 17.7. The van der Waals surface area contributed by atoms with Crippen molar-refractivity contribution in [3.63, 3.8) is 0 Å². The number of hydrogen-bond donors (Lipinski definition) is 1. The van der Waals surface area contributed by atoms with Gasteiger partial charge in [0.05, 0.1) is 23.7 Å². The number of carbonyl (C=O) groups excluding carboxylic acids is 1. The van der Waals surface area contributed by atoms with Gasteiger partial charge in [-0.1, -0.05) is 0 Å². The molecule has 2 heterocycles. The van der Waals surface area contributed by atoms with Crippen molar-refractivity contribution < 1.29 is 9.53 Å². The van der Waals surface area contributed by atoms with Gasteiger partial charge in [0.15, 0.2) is 0 Å². The predicted molar refractivity (Wildman–Crippen MR) is 86.9 cm³/mol. The topological polar surface area (TPSA) is 71.1 Å². The number of nitrogens with one attached hydrogen (secondary N) is 1. The molecule has 2 aromatic heterocycles. The molecule has 0 atom stereocenters. The predicted octanol–water partition coefficient (Wildman–Crippen LogP) is 2.64. The first-order chi connectivity index (χ1) is 11.1. The van der Waals surface area contributed by atoms with Crippen LogP contribution in [0.5, 0.6) is 5.75 Å². The van der Waals surface area contributed by atoms with Crippen LogP contribution in [0.4, 0.5) is 0 Å². The molecule has 1 aliphatic carbocycles. The molecule has 1 N–H and O–H groups in total. The van der Waals surface area contributed by atoms with Gasteiger partial charge in [-0.2, -0.15) is 5.10 Å². The van der Waals surface area contributed by atoms with Crippen molar-refractivity contribution in [3.05, 3.63) is 30.6 Å². The van der Waals surface area contributed by atoms with Gasteiger partial charge in [0.2, 0.25) is 5.91 Å². The summed E-state index contributed by atoms with van der Waals surface area (Å²) < 4.78 is 6.02. The smallest absolute Gasteiger partial charge is 0.219 e. The number of nitrogens with zero attached hydrogens (tertiary/aromatic N) is 3. The van der Waals surface area contributed by atoms with Gasteiger partial charge in [-0.05, 0) is 43.9 Å². The van der Waals surface area contributed by atoms with Crippen molar-refractivity contribution in [2.45, 2.75) is 44.8 Å². The second-order valence-electron chi connectivity index (χ2n) is 6.03. The minimum Gasteiger partial charge on any atom is -0.489 e. The number of aromatic nitrogens is 3. The Morgan fingerprint density at radius 2 is 2.04 bits per heavy atom. The van der Waals surface area contributed by atoms with Gasteiger partial charge in [0, 0.05) is 26.2 Å². The van der Waals surface area contributed by atoms with Crippen LogP contribution in [0.1, 0.15) is 32.6 Å². The summed E-state index contributed by atoms with van der Waals surface area (Å²) in [7, 11) is 1.88. The molecular weight excluding hydrogens is 292 g/mol. The van der Waals surface area contributed by atoms with Crippen LogP contribution < -0.4 is 4.74 Å². The fraction of sp³-hybridized carbons (Fsp3) is 0.471. The number of carbonyl (C=O) groups is 1. The lowest BCUT2D eigenvalue weighted by molar-refractivity contribution is -0.130. The first-order valence-electron chi connectivity index (χ1n) is 7.99. The van der Waals surface area contributed by atoms with Crippen molar-refractivity contribution in [2.24, 2.45) is 0 Å². The highest BCUT2D eigenvalue weighted by molar-refractivity contribution is 5.73. The normalized spacial score (nSPS) is 21.0. The van der Waals surface area contributed by atoms with Gasteiger partial charge in [-0.3, -0.25) is 14.9 Å². The third-order valence-corrected chi connectivity index (χ3v) is 4.50. The Morgan fingerprint density at radius 3 is 2.61 bits per heavy atom. The Labute approximate surface area is 135 Å². The van der Waals surface area contributed by atoms with E-state index in [-0.39, 0.29) is 12.0 Å². The van der Waals surface area contributed by atoms with E-state index < -0.39 is 0 Å². The van der Waals surface area contributed by atoms with E-state index in [1.54, 1.807) is 19.3 Å². The zero-order valence-electron chi connectivity index (χ0n) is 13.5. The largest absolute Gasteiger partial charge is 0.489 e. The summed E-state index contributed by atoms with van der Waals surface area (Å²) in [5.41, 5.74) is 1.74. The summed E-state index contributed by atoms with van der Waals surface area (Å²) in [6, 6.07) is 6.10. The third-order valence-electron chi connectivity index (χ3n) is 4.50. The average molecular weight is 314 g/mol. The molecular formula is C17H22N4O2. The summed E-state index contributed by atoms with van der Waals surface area (Å²) in [5, 5.41) is 6.82. The lowest BCUT2D eigenvalue weighted by Crippen LogP contribution is -2.40. The van der Waals surface area contributed by atoms with E-state index >= 15 is 0 Å². The minimum absolute atomic E-state index is 0.132. The summed E-state index contributed by atoms with van der Waals surface area (Å²) in [6.45, 7) is 1.62. The van der Waals surface area contributed by atoms with Crippen molar-refractivity contribution >= 4 is 5.91 Å². The van der Waals surface area contributed by atoms with Gasteiger partial charge in [-0.25, -0.2) is 0 Å². The molecule has 1 fully saturated rings. The van der Waals surface area contributed by atoms with Gasteiger partial charge < -0.3 is 9.64 Å². The maximum absolute atomic E-state index is 11.4. The molecule has 122 valence electrons. The van der Waals surface area contributed by atoms with E-state index in [4.69, 9.17) is 4.74 Å². The molecule has 6 heteroatoms. The van der Waals surface area contributed by atoms with E-state index in [2.05, 4.69) is 15.2 Å². The monoisotopic (exact) mass is 314 g/mol. The van der Waals surface area contributed by atoms with Gasteiger partial charge in [-0.15, -0.1) is 0 Å². The quantitative estimate of drug-likeness (QED) is 0.941. The third kappa shape index (κ3) is 3.70. The van der Waals surface area contributed by atoms with Gasteiger partial charge in [0.25, 0.3) is 0 Å². The molecule has 23 heavy (non-hydrogen) atoms. The number of rotatable bonds is 4. The summed E-state index contributed by atoms with van der Waals surface area (Å²) in [5.74, 6) is 0.921. The van der Waals surface area contributed by atoms with Crippen LogP contribution in [0.15, 0.2) is 30.6 Å². The Bertz CT molecular complexity index is 631. The van der Waals surface area contributed by atoms with E-state index in [1.165, 1.54) is 0 Å². The zero-order chi connectivity index (χ0) is 16.2. The lowest BCUT2D eigenvalue weighted by atomic mass is 9.92. The Morgan fingerprint density at radius 1 is 1.26 bits per heavy atom. The molecule has 2 aromatic rings. The maximum atomic E-state index is 11.4. The summed E-state index contributed by atoms with van der Waals surface area (Å²) >= 11 is 0. The molecule has 0 unspecified atom stereocenters. The van der Waals surface area contributed by atoms with Crippen LogP contribution in [0, 0.1) is 0 Å². The SMILES string of the molecule is CC(=O)N(C)[C@H]1CC[C@H](Oc2ccc(-c3ccn[nH]3)nc2)CC1. The van der Waals surface area contributed by atoms with Crippen LogP contribution >= 0.6 is 0 Å². The van der Waals surface area contributed by atoms with Crippen LogP contribution in [0.2, 0.25) is 0 Å². The lowest BCUT2D eigenvalue weighted by Gasteiger charge is -2.34. The van der Waals surface area contributed by atoms with Crippen LogP contribution in [0.25, 0.3) is 11.4 Å². The van der Waals surface area contributed by atoms with Crippen molar-refractivity contribution in [1.82, 2.24) is 20.1 Å². The molecule has 6 nitrogen and oxygen atoms in total. The Kier molecular flexibility index (Phi) is 4.60. The Hall–Kier alpha value is -2.37. The van der Waals surface area contributed by atoms with Crippen molar-refractivity contribution in [3.8, 4) is 17.1 Å². The summed E-state index contributed by atoms with van der Waals surface area (Å²) in [6.07, 6.45) is 7.56. The molecule has 1 aliphatic rings. The van der Waals surface area contributed by atoms with E-state index in [1.807, 2.05) is 30.1 Å². The highest BCUT2D eigenvalue weighted by Gasteiger charge is 2.26. The van der Waals surface area contributed by atoms with Crippen molar-refractivity contribution in [2.75, 3.05) is 7.05 Å². The molecule has 0 bridgehead atoms. The maximum Gasteiger partial charge on any atom is 0.219 e. The first-order valence-corrected chi connectivity index (χ1v) is 7.99. The zero-order valence-corrected chi connectivity index (χ0v) is 13.5. The Balaban J connectivity index is 1.54. The van der Waals surface area contributed by atoms with Crippen LogP contribution in [-0.2, 0) is 4.79 Å². The molecule has 0 saturated heterocycles. The molecule has 0 aromatic carbocycles. The first kappa shape index (κ1) is 15.5. The number of H-pyrrole nitrogens is 1. The number of amides is 1. The van der Waals surface area contributed by atoms with E-state index in [0.29, 0.717) is 6.04 Å². The molecule has 0 spiro atoms. The standard InChI is InChI=1S/C17H22N4O2/c1-12(22)21(2)13-3-5-14(6-4-13)23-15-7-8-16(18-11-15)17-9-10-19-20-17/h7-11,13-14H,3-6H2,1-2H3,(H,19,20)/t13-,14-. The average Bonchev–Trinajstić information content (AvgIpc) is 3.10. The number of ether oxygens (including phenoxy) is 1. The van der Waals surface area contributed by atoms with Gasteiger partial charge in [0.1, 0.15) is 5.75 Å². The molecule has 0 radical (unpaired) electrons. The number of aromatic amines is 1. The van der Waals surface area contributed by atoms with E-state index in [0.717, 1.165) is 42.8 Å². The van der Waals surface area contributed by atoms with E-state index in [9.17, 15) is 4.79 Å². The molecule has 1 amide bonds. The van der Waals surface area contributed by atoms with Gasteiger partial charge >= 0.3 is 0 Å². The molecule has 0 aliphatic heterocycles. The second-order valence-corrected chi connectivity index (χ2v) is 6.03. The molecule has 1 saturated carbocycles. The minimum atomic E-state index is 0.132. The highest BCUT2D eigenvalue weighted by atomic mass is 16.5. The fourth-order valence-corrected chi connectivity index (χ4v) is 3.01. The van der Waals surface area contributed by atoms with Crippen LogP contribution in [0.3, 0.4) is 0 Å². The molecule has 3 rings (SSSR count). The second kappa shape index (κ2) is 6.81. The number of pyridine rings is 1. The van der Waals surface area contributed by atoms with Crippen LogP contribution in [-0.4, -0.2) is 45.2 Å². The fourth-order valence-electron chi connectivity index (χ4n) is 3.01. The highest BCUT2D eigenvalue weighted by Crippen LogP contribution is 2.26. The number of hydrogen-bond acceptors (Lipinski definition) is 4.